The minimum Gasteiger partial charge on any atom is -0.477 e. The minimum atomic E-state index is -1.25. The zero-order valence-corrected chi connectivity index (χ0v) is 9.83. The van der Waals surface area contributed by atoms with Gasteiger partial charge in [-0.2, -0.15) is 5.10 Å². The molecule has 0 aromatic carbocycles. The van der Waals surface area contributed by atoms with Crippen molar-refractivity contribution in [2.45, 2.75) is 6.54 Å². The number of carboxylic acids is 1. The molecule has 0 spiro atoms. The fraction of sp³-hybridized carbons (Fsp3) is 0.0909. The number of pyridine rings is 1. The monoisotopic (exact) mass is 265 g/mol. The number of aromatic nitrogens is 3. The smallest absolute Gasteiger partial charge is 0.341 e. The van der Waals surface area contributed by atoms with E-state index in [2.05, 4.69) is 10.2 Å². The summed E-state index contributed by atoms with van der Waals surface area (Å²) in [6.07, 6.45) is 1.49. The number of nitrogens with zero attached hydrogens (tertiary/aromatic N) is 3. The van der Waals surface area contributed by atoms with E-state index < -0.39 is 11.5 Å². The van der Waals surface area contributed by atoms with Crippen molar-refractivity contribution in [1.82, 2.24) is 14.8 Å². The lowest BCUT2D eigenvalue weighted by molar-refractivity contribution is 0.0694. The lowest BCUT2D eigenvalue weighted by Crippen LogP contribution is -2.26. The molecule has 0 aliphatic rings. The molecule has 0 atom stereocenters. The van der Waals surface area contributed by atoms with Gasteiger partial charge in [0.05, 0.1) is 12.2 Å². The Kier molecular flexibility index (Phi) is 3.38. The molecule has 0 saturated carbocycles. The summed E-state index contributed by atoms with van der Waals surface area (Å²) in [4.78, 5) is 22.6. The quantitative estimate of drug-likeness (QED) is 0.896. The topological polar surface area (TPSA) is 85.1 Å². The maximum Gasteiger partial charge on any atom is 0.341 e. The van der Waals surface area contributed by atoms with E-state index >= 15 is 0 Å². The third kappa shape index (κ3) is 2.54. The molecule has 0 amide bonds. The maximum absolute atomic E-state index is 11.8. The highest BCUT2D eigenvalue weighted by molar-refractivity contribution is 6.29. The molecule has 2 rings (SSSR count). The van der Waals surface area contributed by atoms with Gasteiger partial charge in [0.25, 0.3) is 5.56 Å². The largest absolute Gasteiger partial charge is 0.477 e. The molecular weight excluding hydrogens is 258 g/mol. The van der Waals surface area contributed by atoms with Crippen molar-refractivity contribution in [1.29, 1.82) is 0 Å². The highest BCUT2D eigenvalue weighted by Gasteiger charge is 2.10. The summed E-state index contributed by atoms with van der Waals surface area (Å²) in [6.45, 7) is 0.143. The number of carbonyl (C=O) groups is 1. The van der Waals surface area contributed by atoms with Crippen molar-refractivity contribution in [3.05, 3.63) is 57.2 Å². The highest BCUT2D eigenvalue weighted by atomic mass is 35.5. The fourth-order valence-corrected chi connectivity index (χ4v) is 1.53. The third-order valence-corrected chi connectivity index (χ3v) is 2.47. The van der Waals surface area contributed by atoms with Crippen LogP contribution in [-0.4, -0.2) is 25.8 Å². The van der Waals surface area contributed by atoms with E-state index in [4.69, 9.17) is 16.7 Å². The second-order valence-electron chi connectivity index (χ2n) is 3.51. The van der Waals surface area contributed by atoms with Gasteiger partial charge in [0.1, 0.15) is 5.56 Å². The Morgan fingerprint density at radius 3 is 2.72 bits per heavy atom. The standard InChI is InChI=1S/C11H8ClN3O3/c12-9-4-3-7(13-14-9)6-15-5-1-2-8(10(15)16)11(17)18/h1-5H,6H2,(H,17,18). The van der Waals surface area contributed by atoms with Gasteiger partial charge in [0.15, 0.2) is 5.15 Å². The van der Waals surface area contributed by atoms with E-state index in [0.717, 1.165) is 0 Å². The molecule has 0 fully saturated rings. The van der Waals surface area contributed by atoms with Gasteiger partial charge < -0.3 is 9.67 Å². The summed E-state index contributed by atoms with van der Waals surface area (Å²) in [5.74, 6) is -1.25. The first-order chi connectivity index (χ1) is 8.58. The first-order valence-electron chi connectivity index (χ1n) is 4.99. The molecule has 2 aromatic heterocycles. The summed E-state index contributed by atoms with van der Waals surface area (Å²) in [5, 5.41) is 16.5. The predicted molar refractivity (Wildman–Crippen MR) is 63.8 cm³/mol. The molecule has 7 heteroatoms. The number of aromatic carboxylic acids is 1. The van der Waals surface area contributed by atoms with Crippen molar-refractivity contribution in [3.63, 3.8) is 0 Å². The summed E-state index contributed by atoms with van der Waals surface area (Å²) in [5.41, 5.74) is -0.342. The van der Waals surface area contributed by atoms with Gasteiger partial charge in [-0.25, -0.2) is 4.79 Å². The van der Waals surface area contributed by atoms with E-state index in [-0.39, 0.29) is 17.3 Å². The molecule has 18 heavy (non-hydrogen) atoms. The van der Waals surface area contributed by atoms with Gasteiger partial charge in [-0.15, -0.1) is 5.10 Å². The van der Waals surface area contributed by atoms with Gasteiger partial charge >= 0.3 is 5.97 Å². The molecule has 6 nitrogen and oxygen atoms in total. The number of rotatable bonds is 3. The summed E-state index contributed by atoms with van der Waals surface area (Å²) in [7, 11) is 0. The zero-order valence-electron chi connectivity index (χ0n) is 9.08. The maximum atomic E-state index is 11.8. The van der Waals surface area contributed by atoms with Crippen LogP contribution < -0.4 is 5.56 Å². The van der Waals surface area contributed by atoms with Crippen LogP contribution in [0.3, 0.4) is 0 Å². The van der Waals surface area contributed by atoms with Crippen LogP contribution >= 0.6 is 11.6 Å². The van der Waals surface area contributed by atoms with Crippen molar-refractivity contribution in [3.8, 4) is 0 Å². The average molecular weight is 266 g/mol. The summed E-state index contributed by atoms with van der Waals surface area (Å²) in [6, 6.07) is 5.92. The molecule has 2 aromatic rings. The van der Waals surface area contributed by atoms with Crippen LogP contribution in [0.1, 0.15) is 16.1 Å². The second kappa shape index (κ2) is 4.97. The van der Waals surface area contributed by atoms with Crippen LogP contribution in [0.4, 0.5) is 0 Å². The third-order valence-electron chi connectivity index (χ3n) is 2.27. The fourth-order valence-electron chi connectivity index (χ4n) is 1.43. The second-order valence-corrected chi connectivity index (χ2v) is 3.89. The van der Waals surface area contributed by atoms with Crippen LogP contribution in [0.2, 0.25) is 5.15 Å². The Balaban J connectivity index is 2.35. The molecule has 0 aliphatic carbocycles. The SMILES string of the molecule is O=C(O)c1cccn(Cc2ccc(Cl)nn2)c1=O. The highest BCUT2D eigenvalue weighted by Crippen LogP contribution is 2.03. The number of hydrogen-bond acceptors (Lipinski definition) is 4. The molecule has 1 N–H and O–H groups in total. The molecule has 0 radical (unpaired) electrons. The van der Waals surface area contributed by atoms with E-state index in [1.54, 1.807) is 12.1 Å². The Hall–Kier alpha value is -2.21. The Morgan fingerprint density at radius 1 is 1.33 bits per heavy atom. The van der Waals surface area contributed by atoms with Crippen LogP contribution in [0.15, 0.2) is 35.3 Å². The van der Waals surface area contributed by atoms with Crippen LogP contribution in [0, 0.1) is 0 Å². The zero-order chi connectivity index (χ0) is 13.1. The van der Waals surface area contributed by atoms with Gasteiger partial charge in [-0.3, -0.25) is 4.79 Å². The first-order valence-corrected chi connectivity index (χ1v) is 5.36. The number of halogens is 1. The molecular formula is C11H8ClN3O3. The Labute approximate surface area is 106 Å². The molecule has 92 valence electrons. The van der Waals surface area contributed by atoms with Gasteiger partial charge in [-0.1, -0.05) is 11.6 Å². The van der Waals surface area contributed by atoms with E-state index in [0.29, 0.717) is 5.69 Å². The van der Waals surface area contributed by atoms with Crippen molar-refractivity contribution in [2.24, 2.45) is 0 Å². The first kappa shape index (κ1) is 12.3. The van der Waals surface area contributed by atoms with Crippen molar-refractivity contribution in [2.75, 3.05) is 0 Å². The number of hydrogen-bond donors (Lipinski definition) is 1. The van der Waals surface area contributed by atoms with Crippen LogP contribution in [0.25, 0.3) is 0 Å². The van der Waals surface area contributed by atoms with E-state index in [9.17, 15) is 9.59 Å². The molecule has 0 saturated heterocycles. The molecule has 0 bridgehead atoms. The van der Waals surface area contributed by atoms with Crippen LogP contribution in [-0.2, 0) is 6.54 Å². The van der Waals surface area contributed by atoms with E-state index in [1.807, 2.05) is 0 Å². The molecule has 0 unspecified atom stereocenters. The van der Waals surface area contributed by atoms with E-state index in [1.165, 1.54) is 22.9 Å². The minimum absolute atomic E-state index is 0.143. The average Bonchev–Trinajstić information content (AvgIpc) is 2.34. The number of carboxylic acid groups (broad SMARTS) is 1. The normalized spacial score (nSPS) is 10.3. The predicted octanol–water partition coefficient (Wildman–Crippen LogP) is 1.04. The van der Waals surface area contributed by atoms with Crippen LogP contribution in [0.5, 0.6) is 0 Å². The Bertz CT molecular complexity index is 637. The van der Waals surface area contributed by atoms with Crippen molar-refractivity contribution < 1.29 is 9.90 Å². The van der Waals surface area contributed by atoms with Gasteiger partial charge in [-0.05, 0) is 24.3 Å². The summed E-state index contributed by atoms with van der Waals surface area (Å²) >= 11 is 5.59. The molecule has 0 aliphatic heterocycles. The van der Waals surface area contributed by atoms with Crippen molar-refractivity contribution >= 4 is 17.6 Å². The van der Waals surface area contributed by atoms with Gasteiger partial charge in [0.2, 0.25) is 0 Å². The lowest BCUT2D eigenvalue weighted by atomic mass is 10.2. The Morgan fingerprint density at radius 2 is 2.11 bits per heavy atom. The summed E-state index contributed by atoms with van der Waals surface area (Å²) < 4.78 is 1.25. The van der Waals surface area contributed by atoms with Gasteiger partial charge in [0, 0.05) is 6.20 Å². The molecule has 2 heterocycles. The lowest BCUT2D eigenvalue weighted by Gasteiger charge is -2.05.